The number of hydrogen-bond acceptors (Lipinski definition) is 6. The van der Waals surface area contributed by atoms with E-state index in [9.17, 15) is 4.79 Å². The maximum absolute atomic E-state index is 9.60. The van der Waals surface area contributed by atoms with Crippen molar-refractivity contribution in [1.29, 1.82) is 0 Å². The smallest absolute Gasteiger partial charge is 0.293 e. The largest absolute Gasteiger partial charge is 0.462 e. The zero-order chi connectivity index (χ0) is 19.3. The molecule has 6 nitrogen and oxygen atoms in total. The highest BCUT2D eigenvalue weighted by atomic mass is 79.9. The van der Waals surface area contributed by atoms with E-state index in [1.807, 2.05) is 20.8 Å². The molecule has 7 heteroatoms. The average molecular weight is 429 g/mol. The molecule has 1 aromatic carbocycles. The minimum absolute atomic E-state index is 0.318. The Hall–Kier alpha value is -1.15. The van der Waals surface area contributed by atoms with E-state index in [0.29, 0.717) is 6.47 Å². The molecule has 2 fully saturated rings. The van der Waals surface area contributed by atoms with E-state index < -0.39 is 0 Å². The predicted octanol–water partition coefficient (Wildman–Crippen LogP) is 2.00. The van der Waals surface area contributed by atoms with Crippen molar-refractivity contribution >= 4 is 28.1 Å². The van der Waals surface area contributed by atoms with Gasteiger partial charge in [0.2, 0.25) is 0 Å². The molecule has 3 N–H and O–H groups in total. The van der Waals surface area contributed by atoms with E-state index in [4.69, 9.17) is 0 Å². The summed E-state index contributed by atoms with van der Waals surface area (Å²) in [4.78, 5) is 12.0. The summed E-state index contributed by atoms with van der Waals surface area (Å²) >= 11 is 3.57. The van der Waals surface area contributed by atoms with Crippen LogP contribution in [0.5, 0.6) is 0 Å². The molecule has 3 rings (SSSR count). The van der Waals surface area contributed by atoms with Crippen LogP contribution in [0.15, 0.2) is 28.7 Å². The second kappa shape index (κ2) is 13.1. The van der Waals surface area contributed by atoms with Crippen molar-refractivity contribution in [2.45, 2.75) is 26.4 Å². The van der Waals surface area contributed by atoms with Gasteiger partial charge in [-0.25, -0.2) is 0 Å². The number of nitrogens with one attached hydrogen (secondary N) is 3. The molecule has 0 amide bonds. The molecule has 2 heterocycles. The van der Waals surface area contributed by atoms with Crippen LogP contribution >= 0.6 is 15.9 Å². The van der Waals surface area contributed by atoms with Gasteiger partial charge >= 0.3 is 0 Å². The van der Waals surface area contributed by atoms with Crippen molar-refractivity contribution in [3.05, 3.63) is 28.7 Å². The van der Waals surface area contributed by atoms with E-state index in [2.05, 4.69) is 65.8 Å². The van der Waals surface area contributed by atoms with Gasteiger partial charge in [-0.15, -0.1) is 0 Å². The molecule has 0 saturated carbocycles. The Morgan fingerprint density at radius 3 is 1.85 bits per heavy atom. The Morgan fingerprint density at radius 2 is 1.46 bits per heavy atom. The number of halogens is 1. The van der Waals surface area contributed by atoms with Crippen molar-refractivity contribution in [2.24, 2.45) is 0 Å². The standard InChI is InChI=1S/C10H13BrN2.C5H10O2.C4H10N2/c11-9-3-1-2-4-10(9)13-7-5-12-6-8-13;1-5(2,3)7-4-6;1-2-6-4-3-5-1/h1-4,12H,5-8H2;4H,1-3H3;5-6H,1-4H2. The van der Waals surface area contributed by atoms with Gasteiger partial charge in [0.15, 0.2) is 0 Å². The molecule has 26 heavy (non-hydrogen) atoms. The van der Waals surface area contributed by atoms with E-state index in [1.54, 1.807) is 0 Å². The molecule has 2 saturated heterocycles. The zero-order valence-electron chi connectivity index (χ0n) is 16.2. The number of piperazine rings is 2. The Kier molecular flexibility index (Phi) is 11.5. The number of hydrogen-bond donors (Lipinski definition) is 3. The fourth-order valence-electron chi connectivity index (χ4n) is 2.36. The van der Waals surface area contributed by atoms with Gasteiger partial charge < -0.3 is 25.6 Å². The molecule has 2 aliphatic rings. The lowest BCUT2D eigenvalue weighted by Crippen LogP contribution is -2.43. The van der Waals surface area contributed by atoms with Crippen LogP contribution in [0.3, 0.4) is 0 Å². The van der Waals surface area contributed by atoms with Crippen LogP contribution in [0.2, 0.25) is 0 Å². The molecule has 0 spiro atoms. The summed E-state index contributed by atoms with van der Waals surface area (Å²) in [5.74, 6) is 0. The Balaban J connectivity index is 0.000000220. The second-order valence-electron chi connectivity index (χ2n) is 7.01. The van der Waals surface area contributed by atoms with Gasteiger partial charge in [0.05, 0.1) is 5.69 Å². The third-order valence-electron chi connectivity index (χ3n) is 3.67. The monoisotopic (exact) mass is 428 g/mol. The van der Waals surface area contributed by atoms with Gasteiger partial charge in [0, 0.05) is 56.8 Å². The zero-order valence-corrected chi connectivity index (χ0v) is 17.8. The second-order valence-corrected chi connectivity index (χ2v) is 7.87. The SMILES string of the molecule is Brc1ccccc1N1CCNCC1.C1CNCCN1.CC(C)(C)OC=O. The Morgan fingerprint density at radius 1 is 0.962 bits per heavy atom. The molecule has 0 aliphatic carbocycles. The van der Waals surface area contributed by atoms with Gasteiger partial charge in [-0.05, 0) is 48.8 Å². The molecule has 0 bridgehead atoms. The number of carbonyl (C=O) groups excluding carboxylic acids is 1. The number of benzene rings is 1. The minimum Gasteiger partial charge on any atom is -0.462 e. The molecule has 0 unspecified atom stereocenters. The van der Waals surface area contributed by atoms with Crippen LogP contribution in [0.4, 0.5) is 5.69 Å². The van der Waals surface area contributed by atoms with Crippen LogP contribution < -0.4 is 20.9 Å². The maximum Gasteiger partial charge on any atom is 0.293 e. The van der Waals surface area contributed by atoms with E-state index in [0.717, 1.165) is 52.4 Å². The van der Waals surface area contributed by atoms with Gasteiger partial charge in [-0.2, -0.15) is 0 Å². The number of rotatable bonds is 2. The van der Waals surface area contributed by atoms with Crippen LogP contribution in [-0.4, -0.2) is 64.4 Å². The lowest BCUT2D eigenvalue weighted by Gasteiger charge is -2.30. The lowest BCUT2D eigenvalue weighted by molar-refractivity contribution is -0.138. The van der Waals surface area contributed by atoms with Crippen LogP contribution in [0.25, 0.3) is 0 Å². The molecular formula is C19H33BrN4O2. The van der Waals surface area contributed by atoms with E-state index >= 15 is 0 Å². The first kappa shape index (κ1) is 22.9. The highest BCUT2D eigenvalue weighted by Gasteiger charge is 2.11. The highest BCUT2D eigenvalue weighted by Crippen LogP contribution is 2.25. The first-order valence-corrected chi connectivity index (χ1v) is 9.96. The molecule has 0 atom stereocenters. The molecule has 148 valence electrons. The Labute approximate surface area is 166 Å². The topological polar surface area (TPSA) is 65.6 Å². The van der Waals surface area contributed by atoms with Gasteiger partial charge in [-0.3, -0.25) is 4.79 Å². The number of anilines is 1. The van der Waals surface area contributed by atoms with Crippen LogP contribution in [0, 0.1) is 0 Å². The molecule has 0 radical (unpaired) electrons. The van der Waals surface area contributed by atoms with Gasteiger partial charge in [0.25, 0.3) is 6.47 Å². The van der Waals surface area contributed by atoms with Crippen molar-refractivity contribution in [3.8, 4) is 0 Å². The molecule has 2 aliphatic heterocycles. The quantitative estimate of drug-likeness (QED) is 0.626. The maximum atomic E-state index is 9.60. The summed E-state index contributed by atoms with van der Waals surface area (Å²) in [5.41, 5.74) is 0.992. The molecular weight excluding hydrogens is 396 g/mol. The van der Waals surface area contributed by atoms with Crippen molar-refractivity contribution < 1.29 is 9.53 Å². The first-order valence-electron chi connectivity index (χ1n) is 9.17. The van der Waals surface area contributed by atoms with Crippen LogP contribution in [-0.2, 0) is 9.53 Å². The Bertz CT molecular complexity index is 487. The minimum atomic E-state index is -0.318. The third-order valence-corrected chi connectivity index (χ3v) is 4.34. The summed E-state index contributed by atoms with van der Waals surface area (Å²) in [6.45, 7) is 14.8. The lowest BCUT2D eigenvalue weighted by atomic mass is 10.2. The summed E-state index contributed by atoms with van der Waals surface area (Å²) in [7, 11) is 0. The number of ether oxygens (including phenoxy) is 1. The average Bonchev–Trinajstić information content (AvgIpc) is 2.64. The molecule has 0 aromatic heterocycles. The van der Waals surface area contributed by atoms with Crippen molar-refractivity contribution in [3.63, 3.8) is 0 Å². The summed E-state index contributed by atoms with van der Waals surface area (Å²) in [6.07, 6.45) is 0. The van der Waals surface area contributed by atoms with Gasteiger partial charge in [-0.1, -0.05) is 12.1 Å². The predicted molar refractivity (Wildman–Crippen MR) is 112 cm³/mol. The normalized spacial score (nSPS) is 17.2. The fourth-order valence-corrected chi connectivity index (χ4v) is 2.90. The van der Waals surface area contributed by atoms with Crippen molar-refractivity contribution in [2.75, 3.05) is 57.3 Å². The highest BCUT2D eigenvalue weighted by molar-refractivity contribution is 9.10. The summed E-state index contributed by atoms with van der Waals surface area (Å²) < 4.78 is 5.74. The summed E-state index contributed by atoms with van der Waals surface area (Å²) in [5, 5.41) is 9.79. The number of para-hydroxylation sites is 1. The van der Waals surface area contributed by atoms with E-state index in [1.165, 1.54) is 10.2 Å². The van der Waals surface area contributed by atoms with E-state index in [-0.39, 0.29) is 5.60 Å². The molecule has 1 aromatic rings. The van der Waals surface area contributed by atoms with Crippen LogP contribution in [0.1, 0.15) is 20.8 Å². The van der Waals surface area contributed by atoms with Crippen molar-refractivity contribution in [1.82, 2.24) is 16.0 Å². The summed E-state index contributed by atoms with van der Waals surface area (Å²) in [6, 6.07) is 8.39. The van der Waals surface area contributed by atoms with Gasteiger partial charge in [0.1, 0.15) is 5.60 Å². The third kappa shape index (κ3) is 10.8. The first-order chi connectivity index (χ1) is 12.4. The number of carbonyl (C=O) groups is 1. The number of nitrogens with zero attached hydrogens (tertiary/aromatic N) is 1. The fraction of sp³-hybridized carbons (Fsp3) is 0.632.